The third kappa shape index (κ3) is 4.07. The van der Waals surface area contributed by atoms with E-state index >= 15 is 0 Å². The SMILES string of the molecule is NCc1cccc2c1cnn2-c1nnc(C(N)=O)c(NCc2cccc(B(O)O)c2)n1. The molecule has 0 bridgehead atoms. The Labute approximate surface area is 176 Å². The van der Waals surface area contributed by atoms with E-state index in [0.29, 0.717) is 12.0 Å². The first-order valence-corrected chi connectivity index (χ1v) is 9.37. The Balaban J connectivity index is 1.69. The molecular formula is C19H19BN8O3. The minimum Gasteiger partial charge on any atom is -0.423 e. The number of carbonyl (C=O) groups is 1. The van der Waals surface area contributed by atoms with E-state index in [0.717, 1.165) is 22.0 Å². The van der Waals surface area contributed by atoms with Crippen LogP contribution in [-0.2, 0) is 13.1 Å². The van der Waals surface area contributed by atoms with Crippen molar-refractivity contribution >= 4 is 35.2 Å². The number of nitrogens with one attached hydrogen (secondary N) is 1. The van der Waals surface area contributed by atoms with Crippen molar-refractivity contribution in [2.75, 3.05) is 5.32 Å². The Kier molecular flexibility index (Phi) is 5.58. The normalized spacial score (nSPS) is 10.9. The molecule has 7 N–H and O–H groups in total. The molecular weight excluding hydrogens is 399 g/mol. The largest absolute Gasteiger partial charge is 0.488 e. The number of amides is 1. The van der Waals surface area contributed by atoms with Crippen LogP contribution in [0.25, 0.3) is 16.9 Å². The van der Waals surface area contributed by atoms with Gasteiger partial charge in [0.05, 0.1) is 11.7 Å². The highest BCUT2D eigenvalue weighted by Gasteiger charge is 2.18. The smallest absolute Gasteiger partial charge is 0.423 e. The van der Waals surface area contributed by atoms with Gasteiger partial charge in [-0.25, -0.2) is 0 Å². The van der Waals surface area contributed by atoms with Gasteiger partial charge in [-0.1, -0.05) is 36.4 Å². The molecule has 0 saturated carbocycles. The minimum atomic E-state index is -1.58. The van der Waals surface area contributed by atoms with Crippen molar-refractivity contribution in [3.63, 3.8) is 0 Å². The molecule has 0 atom stereocenters. The highest BCUT2D eigenvalue weighted by molar-refractivity contribution is 6.58. The van der Waals surface area contributed by atoms with E-state index in [9.17, 15) is 14.8 Å². The highest BCUT2D eigenvalue weighted by atomic mass is 16.4. The van der Waals surface area contributed by atoms with Gasteiger partial charge in [-0.2, -0.15) is 14.8 Å². The Morgan fingerprint density at radius 1 is 1.16 bits per heavy atom. The van der Waals surface area contributed by atoms with E-state index in [1.165, 1.54) is 4.68 Å². The fraction of sp³-hybridized carbons (Fsp3) is 0.105. The second kappa shape index (κ2) is 8.48. The Bertz CT molecular complexity index is 1260. The standard InChI is InChI=1S/C19H19BN8O3/c21-8-12-4-2-6-15-14(12)10-24-28(15)19-25-18(16(17(22)29)26-27-19)23-9-11-3-1-5-13(7-11)20(30)31/h1-7,10,30-31H,8-9,21H2,(H2,22,29)(H,23,25,27). The number of rotatable bonds is 7. The molecule has 4 rings (SSSR count). The average molecular weight is 418 g/mol. The van der Waals surface area contributed by atoms with Gasteiger partial charge in [0, 0.05) is 18.5 Å². The van der Waals surface area contributed by atoms with Gasteiger partial charge < -0.3 is 26.8 Å². The van der Waals surface area contributed by atoms with E-state index in [-0.39, 0.29) is 24.0 Å². The summed E-state index contributed by atoms with van der Waals surface area (Å²) < 4.78 is 1.50. The summed E-state index contributed by atoms with van der Waals surface area (Å²) in [6, 6.07) is 12.3. The third-order valence-electron chi connectivity index (χ3n) is 4.73. The number of hydrogen-bond acceptors (Lipinski definition) is 9. The van der Waals surface area contributed by atoms with Crippen LogP contribution in [0.3, 0.4) is 0 Å². The molecule has 2 aromatic carbocycles. The monoisotopic (exact) mass is 418 g/mol. The van der Waals surface area contributed by atoms with Gasteiger partial charge >= 0.3 is 7.12 Å². The molecule has 0 unspecified atom stereocenters. The summed E-state index contributed by atoms with van der Waals surface area (Å²) in [5, 5.41) is 34.8. The van der Waals surface area contributed by atoms with Crippen molar-refractivity contribution in [1.29, 1.82) is 0 Å². The summed E-state index contributed by atoms with van der Waals surface area (Å²) >= 11 is 0. The molecule has 4 aromatic rings. The third-order valence-corrected chi connectivity index (χ3v) is 4.73. The first-order valence-electron chi connectivity index (χ1n) is 9.37. The van der Waals surface area contributed by atoms with Crippen molar-refractivity contribution in [2.24, 2.45) is 11.5 Å². The van der Waals surface area contributed by atoms with Crippen LogP contribution >= 0.6 is 0 Å². The van der Waals surface area contributed by atoms with Crippen molar-refractivity contribution in [2.45, 2.75) is 13.1 Å². The van der Waals surface area contributed by atoms with Crippen LogP contribution in [0.15, 0.2) is 48.7 Å². The van der Waals surface area contributed by atoms with Crippen LogP contribution in [0.4, 0.5) is 5.82 Å². The Morgan fingerprint density at radius 2 is 1.97 bits per heavy atom. The van der Waals surface area contributed by atoms with Crippen LogP contribution in [0.1, 0.15) is 21.6 Å². The summed E-state index contributed by atoms with van der Waals surface area (Å²) in [6.07, 6.45) is 1.67. The molecule has 0 aliphatic heterocycles. The Hall–Kier alpha value is -3.87. The van der Waals surface area contributed by atoms with Crippen LogP contribution < -0.4 is 22.2 Å². The molecule has 0 radical (unpaired) electrons. The van der Waals surface area contributed by atoms with E-state index in [2.05, 4.69) is 25.6 Å². The van der Waals surface area contributed by atoms with Gasteiger partial charge in [0.1, 0.15) is 0 Å². The van der Waals surface area contributed by atoms with E-state index < -0.39 is 13.0 Å². The van der Waals surface area contributed by atoms with Gasteiger partial charge in [-0.05, 0) is 22.7 Å². The number of anilines is 1. The summed E-state index contributed by atoms with van der Waals surface area (Å²) in [4.78, 5) is 16.2. The van der Waals surface area contributed by atoms with E-state index in [1.54, 1.807) is 30.5 Å². The first kappa shape index (κ1) is 20.4. The maximum absolute atomic E-state index is 11.8. The fourth-order valence-electron chi connectivity index (χ4n) is 3.19. The van der Waals surface area contributed by atoms with Crippen LogP contribution in [-0.4, -0.2) is 48.0 Å². The molecule has 156 valence electrons. The van der Waals surface area contributed by atoms with Gasteiger partial charge in [-0.15, -0.1) is 10.2 Å². The lowest BCUT2D eigenvalue weighted by molar-refractivity contribution is 0.0995. The maximum Gasteiger partial charge on any atom is 0.488 e. The zero-order valence-electron chi connectivity index (χ0n) is 16.3. The zero-order chi connectivity index (χ0) is 22.0. The second-order valence-corrected chi connectivity index (χ2v) is 6.76. The highest BCUT2D eigenvalue weighted by Crippen LogP contribution is 2.21. The van der Waals surface area contributed by atoms with Gasteiger partial charge in [-0.3, -0.25) is 4.79 Å². The Morgan fingerprint density at radius 3 is 2.71 bits per heavy atom. The lowest BCUT2D eigenvalue weighted by atomic mass is 9.80. The van der Waals surface area contributed by atoms with Crippen molar-refractivity contribution in [1.82, 2.24) is 25.0 Å². The predicted octanol–water partition coefficient (Wildman–Crippen LogP) is -0.940. The minimum absolute atomic E-state index is 0.124. The maximum atomic E-state index is 11.8. The molecule has 0 spiro atoms. The fourth-order valence-corrected chi connectivity index (χ4v) is 3.19. The number of hydrogen-bond donors (Lipinski definition) is 5. The number of primary amides is 1. The van der Waals surface area contributed by atoms with Gasteiger partial charge in [0.2, 0.25) is 0 Å². The molecule has 12 heteroatoms. The quantitative estimate of drug-likeness (QED) is 0.237. The number of benzene rings is 2. The first-order chi connectivity index (χ1) is 15.0. The number of carbonyl (C=O) groups excluding carboxylic acids is 1. The summed E-state index contributed by atoms with van der Waals surface area (Å²) in [5.74, 6) is -0.508. The number of nitrogens with two attached hydrogens (primary N) is 2. The molecule has 0 fully saturated rings. The lowest BCUT2D eigenvalue weighted by Crippen LogP contribution is -2.30. The van der Waals surface area contributed by atoms with E-state index in [1.807, 2.05) is 18.2 Å². The molecule has 11 nitrogen and oxygen atoms in total. The van der Waals surface area contributed by atoms with Crippen LogP contribution in [0, 0.1) is 0 Å². The molecule has 0 aliphatic rings. The predicted molar refractivity (Wildman–Crippen MR) is 114 cm³/mol. The zero-order valence-corrected chi connectivity index (χ0v) is 16.3. The topological polar surface area (TPSA) is 178 Å². The van der Waals surface area contributed by atoms with Crippen molar-refractivity contribution in [3.8, 4) is 5.95 Å². The summed E-state index contributed by atoms with van der Waals surface area (Å²) in [5.41, 5.74) is 13.8. The van der Waals surface area contributed by atoms with Gasteiger partial charge in [0.25, 0.3) is 11.9 Å². The molecule has 0 saturated heterocycles. The molecule has 2 heterocycles. The summed E-state index contributed by atoms with van der Waals surface area (Å²) in [7, 11) is -1.58. The molecule has 1 amide bonds. The number of aromatic nitrogens is 5. The van der Waals surface area contributed by atoms with Gasteiger partial charge in [0.15, 0.2) is 11.5 Å². The molecule has 2 aromatic heterocycles. The van der Waals surface area contributed by atoms with Crippen molar-refractivity contribution in [3.05, 3.63) is 65.5 Å². The number of nitrogens with zero attached hydrogens (tertiary/aromatic N) is 5. The van der Waals surface area contributed by atoms with Crippen LogP contribution in [0.2, 0.25) is 0 Å². The lowest BCUT2D eigenvalue weighted by Gasteiger charge is -2.11. The number of fused-ring (bicyclic) bond motifs is 1. The molecule has 0 aliphatic carbocycles. The molecule has 31 heavy (non-hydrogen) atoms. The average Bonchev–Trinajstić information content (AvgIpc) is 3.22. The van der Waals surface area contributed by atoms with Crippen LogP contribution in [0.5, 0.6) is 0 Å². The second-order valence-electron chi connectivity index (χ2n) is 6.76. The van der Waals surface area contributed by atoms with Crippen molar-refractivity contribution < 1.29 is 14.8 Å². The van der Waals surface area contributed by atoms with E-state index in [4.69, 9.17) is 11.5 Å². The summed E-state index contributed by atoms with van der Waals surface area (Å²) in [6.45, 7) is 0.591.